The third kappa shape index (κ3) is 5.70. The predicted octanol–water partition coefficient (Wildman–Crippen LogP) is 4.95. The summed E-state index contributed by atoms with van der Waals surface area (Å²) in [6, 6.07) is 13.8. The number of carbonyl (C=O) groups excluding carboxylic acids is 2. The third-order valence-electron chi connectivity index (χ3n) is 6.64. The number of nitrogens with one attached hydrogen (secondary N) is 2. The monoisotopic (exact) mass is 480 g/mol. The number of para-hydroxylation sites is 1. The Morgan fingerprint density at radius 2 is 1.86 bits per heavy atom. The van der Waals surface area contributed by atoms with Gasteiger partial charge in [-0.05, 0) is 56.4 Å². The minimum atomic E-state index is -0.272. The quantitative estimate of drug-likeness (QED) is 0.520. The van der Waals surface area contributed by atoms with Gasteiger partial charge in [0.15, 0.2) is 0 Å². The fraction of sp³-hybridized carbons (Fsp3) is 0.481. The SMILES string of the molecule is CONc1cc(C(=O)NC(C)CC(C)C)ccc1N1CCC(N2C(=O)OCc3ccccc32)CC1. The van der Waals surface area contributed by atoms with E-state index in [1.807, 2.05) is 54.3 Å². The molecule has 1 atom stereocenters. The van der Waals surface area contributed by atoms with Gasteiger partial charge in [-0.15, -0.1) is 0 Å². The summed E-state index contributed by atoms with van der Waals surface area (Å²) in [5.41, 5.74) is 7.24. The largest absolute Gasteiger partial charge is 0.444 e. The molecule has 2 aliphatic rings. The molecule has 2 amide bonds. The molecule has 1 unspecified atom stereocenters. The number of ether oxygens (including phenoxy) is 1. The normalized spacial score (nSPS) is 17.1. The highest BCUT2D eigenvalue weighted by Crippen LogP contribution is 2.34. The number of rotatable bonds is 8. The minimum absolute atomic E-state index is 0.0755. The summed E-state index contributed by atoms with van der Waals surface area (Å²) in [5.74, 6) is 0.423. The third-order valence-corrected chi connectivity index (χ3v) is 6.64. The number of hydrogen-bond donors (Lipinski definition) is 2. The highest BCUT2D eigenvalue weighted by Gasteiger charge is 2.34. The molecule has 2 N–H and O–H groups in total. The summed E-state index contributed by atoms with van der Waals surface area (Å²) in [6.07, 6.45) is 2.28. The first kappa shape index (κ1) is 24.9. The van der Waals surface area contributed by atoms with Gasteiger partial charge in [-0.25, -0.2) is 4.79 Å². The van der Waals surface area contributed by atoms with Gasteiger partial charge in [0.2, 0.25) is 0 Å². The summed E-state index contributed by atoms with van der Waals surface area (Å²) in [6.45, 7) is 8.19. The fourth-order valence-corrected chi connectivity index (χ4v) is 5.10. The predicted molar refractivity (Wildman–Crippen MR) is 138 cm³/mol. The standard InChI is InChI=1S/C27H36N4O4/c1-18(2)15-19(3)28-26(32)20-9-10-25(23(16-20)29-34-4)30-13-11-22(12-14-30)31-24-8-6-5-7-21(24)17-35-27(31)33/h5-10,16,18-19,22,29H,11-15,17H2,1-4H3,(H,28,32). The van der Waals surface area contributed by atoms with Gasteiger partial charge >= 0.3 is 6.09 Å². The van der Waals surface area contributed by atoms with Crippen LogP contribution in [0, 0.1) is 5.92 Å². The summed E-state index contributed by atoms with van der Waals surface area (Å²) >= 11 is 0. The number of piperidine rings is 1. The molecule has 2 aliphatic heterocycles. The Labute approximate surface area is 207 Å². The van der Waals surface area contributed by atoms with E-state index in [9.17, 15) is 9.59 Å². The Morgan fingerprint density at radius 1 is 1.11 bits per heavy atom. The Hall–Kier alpha value is -3.26. The second-order valence-corrected chi connectivity index (χ2v) is 9.81. The molecule has 2 heterocycles. The van der Waals surface area contributed by atoms with Gasteiger partial charge in [0.05, 0.1) is 24.2 Å². The summed E-state index contributed by atoms with van der Waals surface area (Å²) < 4.78 is 5.43. The molecular weight excluding hydrogens is 444 g/mol. The number of anilines is 3. The van der Waals surface area contributed by atoms with Crippen LogP contribution in [0.15, 0.2) is 42.5 Å². The van der Waals surface area contributed by atoms with E-state index < -0.39 is 0 Å². The number of amides is 2. The van der Waals surface area contributed by atoms with Crippen molar-refractivity contribution < 1.29 is 19.2 Å². The van der Waals surface area contributed by atoms with Crippen molar-refractivity contribution in [2.75, 3.05) is 35.5 Å². The van der Waals surface area contributed by atoms with Crippen molar-refractivity contribution in [3.63, 3.8) is 0 Å². The average molecular weight is 481 g/mol. The first-order valence-corrected chi connectivity index (χ1v) is 12.4. The molecule has 4 rings (SSSR count). The number of nitrogens with zero attached hydrogens (tertiary/aromatic N) is 2. The average Bonchev–Trinajstić information content (AvgIpc) is 2.84. The molecule has 188 valence electrons. The van der Waals surface area contributed by atoms with Crippen LogP contribution in [0.5, 0.6) is 0 Å². The molecule has 0 aliphatic carbocycles. The number of cyclic esters (lactones) is 1. The van der Waals surface area contributed by atoms with Crippen LogP contribution in [0.3, 0.4) is 0 Å². The summed E-state index contributed by atoms with van der Waals surface area (Å²) in [5, 5.41) is 3.08. The molecule has 35 heavy (non-hydrogen) atoms. The number of fused-ring (bicyclic) bond motifs is 1. The fourth-order valence-electron chi connectivity index (χ4n) is 5.10. The van der Waals surface area contributed by atoms with Crippen molar-refractivity contribution in [2.24, 2.45) is 5.92 Å². The molecule has 0 spiro atoms. The lowest BCUT2D eigenvalue weighted by Gasteiger charge is -2.41. The number of benzene rings is 2. The van der Waals surface area contributed by atoms with Gasteiger partial charge in [-0.3, -0.25) is 20.0 Å². The smallest absolute Gasteiger partial charge is 0.414 e. The summed E-state index contributed by atoms with van der Waals surface area (Å²) in [7, 11) is 1.56. The van der Waals surface area contributed by atoms with Crippen molar-refractivity contribution in [3.05, 3.63) is 53.6 Å². The van der Waals surface area contributed by atoms with Crippen LogP contribution in [0.4, 0.5) is 21.9 Å². The van der Waals surface area contributed by atoms with E-state index in [0.29, 0.717) is 18.1 Å². The highest BCUT2D eigenvalue weighted by molar-refractivity contribution is 5.96. The van der Waals surface area contributed by atoms with Crippen molar-refractivity contribution in [1.29, 1.82) is 0 Å². The van der Waals surface area contributed by atoms with Gasteiger partial charge in [0, 0.05) is 36.3 Å². The van der Waals surface area contributed by atoms with Crippen molar-refractivity contribution >= 4 is 29.1 Å². The lowest BCUT2D eigenvalue weighted by atomic mass is 9.99. The second kappa shape index (κ2) is 11.0. The van der Waals surface area contributed by atoms with E-state index in [-0.39, 0.29) is 24.1 Å². The van der Waals surface area contributed by atoms with Gasteiger partial charge < -0.3 is 15.0 Å². The Balaban J connectivity index is 1.45. The zero-order chi connectivity index (χ0) is 24.9. The molecule has 0 aromatic heterocycles. The Morgan fingerprint density at radius 3 is 2.57 bits per heavy atom. The topological polar surface area (TPSA) is 83.1 Å². The zero-order valence-electron chi connectivity index (χ0n) is 21.0. The van der Waals surface area contributed by atoms with Crippen LogP contribution in [-0.2, 0) is 16.2 Å². The van der Waals surface area contributed by atoms with Crippen LogP contribution < -0.4 is 20.6 Å². The van der Waals surface area contributed by atoms with E-state index in [4.69, 9.17) is 9.57 Å². The Bertz CT molecular complexity index is 1050. The van der Waals surface area contributed by atoms with Gasteiger partial charge in [0.25, 0.3) is 5.91 Å². The molecule has 8 heteroatoms. The molecule has 1 fully saturated rings. The minimum Gasteiger partial charge on any atom is -0.444 e. The van der Waals surface area contributed by atoms with E-state index >= 15 is 0 Å². The molecule has 0 bridgehead atoms. The van der Waals surface area contributed by atoms with Gasteiger partial charge in [-0.2, -0.15) is 0 Å². The van der Waals surface area contributed by atoms with Crippen molar-refractivity contribution in [3.8, 4) is 0 Å². The Kier molecular flexibility index (Phi) is 7.80. The number of hydrogen-bond acceptors (Lipinski definition) is 6. The van der Waals surface area contributed by atoms with Crippen LogP contribution >= 0.6 is 0 Å². The molecule has 1 saturated heterocycles. The van der Waals surface area contributed by atoms with E-state index in [0.717, 1.165) is 55.0 Å². The van der Waals surface area contributed by atoms with Gasteiger partial charge in [-0.1, -0.05) is 32.0 Å². The lowest BCUT2D eigenvalue weighted by molar-refractivity contribution is 0.0936. The van der Waals surface area contributed by atoms with E-state index in [1.165, 1.54) is 0 Å². The molecule has 0 radical (unpaired) electrons. The van der Waals surface area contributed by atoms with E-state index in [1.54, 1.807) is 7.11 Å². The van der Waals surface area contributed by atoms with Crippen molar-refractivity contribution in [2.45, 2.75) is 58.7 Å². The van der Waals surface area contributed by atoms with Crippen LogP contribution in [0.25, 0.3) is 0 Å². The second-order valence-electron chi connectivity index (χ2n) is 9.81. The maximum Gasteiger partial charge on any atom is 0.414 e. The maximum atomic E-state index is 12.8. The van der Waals surface area contributed by atoms with Crippen LogP contribution in [-0.4, -0.2) is 44.3 Å². The zero-order valence-corrected chi connectivity index (χ0v) is 21.0. The highest BCUT2D eigenvalue weighted by atomic mass is 16.6. The molecular formula is C27H36N4O4. The van der Waals surface area contributed by atoms with Crippen LogP contribution in [0.2, 0.25) is 0 Å². The summed E-state index contributed by atoms with van der Waals surface area (Å²) in [4.78, 5) is 34.7. The van der Waals surface area contributed by atoms with Crippen LogP contribution in [0.1, 0.15) is 56.0 Å². The number of carbonyl (C=O) groups is 2. The first-order valence-electron chi connectivity index (χ1n) is 12.4. The molecule has 2 aromatic rings. The lowest BCUT2D eigenvalue weighted by Crippen LogP contribution is -2.49. The van der Waals surface area contributed by atoms with Crippen molar-refractivity contribution in [1.82, 2.24) is 5.32 Å². The molecule has 8 nitrogen and oxygen atoms in total. The van der Waals surface area contributed by atoms with Gasteiger partial charge in [0.1, 0.15) is 6.61 Å². The first-order chi connectivity index (χ1) is 16.9. The maximum absolute atomic E-state index is 12.8. The van der Waals surface area contributed by atoms with E-state index in [2.05, 4.69) is 29.5 Å². The molecule has 2 aromatic carbocycles. The molecule has 0 saturated carbocycles.